The van der Waals surface area contributed by atoms with Gasteiger partial charge < -0.3 is 15.4 Å². The van der Waals surface area contributed by atoms with Gasteiger partial charge in [0.05, 0.1) is 29.3 Å². The third-order valence-corrected chi connectivity index (χ3v) is 7.73. The summed E-state index contributed by atoms with van der Waals surface area (Å²) in [6.45, 7) is 7.67. The predicted molar refractivity (Wildman–Crippen MR) is 118 cm³/mol. The molecule has 30 heavy (non-hydrogen) atoms. The summed E-state index contributed by atoms with van der Waals surface area (Å²) in [6.07, 6.45) is 2.21. The van der Waals surface area contributed by atoms with E-state index in [1.54, 1.807) is 11.3 Å². The number of ether oxygens (including phenoxy) is 1. The quantitative estimate of drug-likeness (QED) is 0.691. The normalized spacial score (nSPS) is 26.1. The third kappa shape index (κ3) is 4.01. The maximum absolute atomic E-state index is 12.1. The topological polar surface area (TPSA) is 87.8 Å². The number of hydrogen-bond acceptors (Lipinski definition) is 8. The molecule has 10 heteroatoms. The van der Waals surface area contributed by atoms with Crippen molar-refractivity contribution in [1.29, 1.82) is 0 Å². The van der Waals surface area contributed by atoms with E-state index in [1.165, 1.54) is 11.3 Å². The van der Waals surface area contributed by atoms with Crippen molar-refractivity contribution in [2.45, 2.75) is 25.4 Å². The van der Waals surface area contributed by atoms with Crippen LogP contribution in [0.5, 0.6) is 0 Å². The molecule has 3 aliphatic heterocycles. The number of hydrogen-bond donors (Lipinski definition) is 1. The molecule has 2 aromatic rings. The Hall–Kier alpha value is -1.52. The highest BCUT2D eigenvalue weighted by Crippen LogP contribution is 2.35. The van der Waals surface area contributed by atoms with Gasteiger partial charge in [-0.2, -0.15) is 4.98 Å². The van der Waals surface area contributed by atoms with E-state index in [2.05, 4.69) is 30.7 Å². The molecule has 1 amide bonds. The smallest absolute Gasteiger partial charge is 0.224 e. The molecule has 3 fully saturated rings. The first kappa shape index (κ1) is 20.4. The van der Waals surface area contributed by atoms with Crippen LogP contribution >= 0.6 is 22.9 Å². The van der Waals surface area contributed by atoms with E-state index < -0.39 is 0 Å². The van der Waals surface area contributed by atoms with Crippen molar-refractivity contribution >= 4 is 44.9 Å². The SMILES string of the molecule is NC(=O)[C@H]1CN(Cc2cc3nc(Cl)nc(N4CCOCC4)c3s2)CC[C@@H]1N1CCC1. The fourth-order valence-corrected chi connectivity index (χ4v) is 6.09. The number of fused-ring (bicyclic) bond motifs is 1. The number of nitrogens with two attached hydrogens (primary N) is 1. The molecule has 0 radical (unpaired) electrons. The van der Waals surface area contributed by atoms with Crippen LogP contribution in [0.25, 0.3) is 10.2 Å². The van der Waals surface area contributed by atoms with Crippen LogP contribution in [0.4, 0.5) is 5.82 Å². The number of rotatable bonds is 5. The minimum absolute atomic E-state index is 0.105. The first-order valence-electron chi connectivity index (χ1n) is 10.6. The van der Waals surface area contributed by atoms with Gasteiger partial charge >= 0.3 is 0 Å². The fourth-order valence-electron chi connectivity index (χ4n) is 4.76. The molecule has 2 N–H and O–H groups in total. The van der Waals surface area contributed by atoms with Gasteiger partial charge in [0, 0.05) is 43.6 Å². The van der Waals surface area contributed by atoms with Gasteiger partial charge in [0.15, 0.2) is 5.82 Å². The Morgan fingerprint density at radius 2 is 2.03 bits per heavy atom. The highest BCUT2D eigenvalue weighted by molar-refractivity contribution is 7.19. The first-order chi connectivity index (χ1) is 14.6. The Kier molecular flexibility index (Phi) is 5.81. The van der Waals surface area contributed by atoms with Crippen molar-refractivity contribution in [2.24, 2.45) is 11.7 Å². The van der Waals surface area contributed by atoms with E-state index in [9.17, 15) is 4.79 Å². The van der Waals surface area contributed by atoms with Crippen LogP contribution in [0.2, 0.25) is 5.28 Å². The lowest BCUT2D eigenvalue weighted by atomic mass is 9.88. The molecule has 0 spiro atoms. The van der Waals surface area contributed by atoms with Crippen LogP contribution in [0.3, 0.4) is 0 Å². The molecule has 5 rings (SSSR count). The Labute approximate surface area is 184 Å². The summed E-state index contributed by atoms with van der Waals surface area (Å²) in [5.41, 5.74) is 6.66. The van der Waals surface area contributed by atoms with Crippen LogP contribution in [0.1, 0.15) is 17.7 Å². The number of piperidine rings is 1. The van der Waals surface area contributed by atoms with Gasteiger partial charge in [0.2, 0.25) is 11.2 Å². The van der Waals surface area contributed by atoms with Crippen LogP contribution in [-0.4, -0.2) is 84.2 Å². The van der Waals surface area contributed by atoms with Crippen molar-refractivity contribution < 1.29 is 9.53 Å². The molecule has 5 heterocycles. The van der Waals surface area contributed by atoms with Gasteiger partial charge in [-0.1, -0.05) is 0 Å². The van der Waals surface area contributed by atoms with Gasteiger partial charge in [0.1, 0.15) is 0 Å². The number of thiophene rings is 1. The molecule has 0 aromatic carbocycles. The van der Waals surface area contributed by atoms with Crippen molar-refractivity contribution in [1.82, 2.24) is 19.8 Å². The number of halogens is 1. The van der Waals surface area contributed by atoms with Crippen LogP contribution < -0.4 is 10.6 Å². The molecule has 3 saturated heterocycles. The fraction of sp³-hybridized carbons (Fsp3) is 0.650. The van der Waals surface area contributed by atoms with Crippen molar-refractivity contribution in [3.8, 4) is 0 Å². The zero-order valence-corrected chi connectivity index (χ0v) is 18.5. The predicted octanol–water partition coefficient (Wildman–Crippen LogP) is 1.56. The number of morpholine rings is 1. The van der Waals surface area contributed by atoms with Gasteiger partial charge in [-0.15, -0.1) is 11.3 Å². The van der Waals surface area contributed by atoms with E-state index in [1.807, 2.05) is 0 Å². The summed E-state index contributed by atoms with van der Waals surface area (Å²) >= 11 is 7.94. The van der Waals surface area contributed by atoms with E-state index in [0.29, 0.717) is 25.8 Å². The maximum atomic E-state index is 12.1. The molecule has 0 saturated carbocycles. The van der Waals surface area contributed by atoms with Crippen molar-refractivity contribution in [3.63, 3.8) is 0 Å². The highest BCUT2D eigenvalue weighted by Gasteiger charge is 2.38. The number of anilines is 1. The zero-order chi connectivity index (χ0) is 20.7. The van der Waals surface area contributed by atoms with E-state index in [0.717, 1.165) is 61.7 Å². The van der Waals surface area contributed by atoms with Gasteiger partial charge in [0.25, 0.3) is 0 Å². The van der Waals surface area contributed by atoms with E-state index in [4.69, 9.17) is 22.1 Å². The van der Waals surface area contributed by atoms with Gasteiger partial charge in [-0.25, -0.2) is 4.98 Å². The van der Waals surface area contributed by atoms with Crippen LogP contribution in [0, 0.1) is 5.92 Å². The highest BCUT2D eigenvalue weighted by atomic mass is 35.5. The summed E-state index contributed by atoms with van der Waals surface area (Å²) in [5.74, 6) is 0.614. The molecule has 0 aliphatic carbocycles. The Morgan fingerprint density at radius 3 is 2.73 bits per heavy atom. The second-order valence-corrected chi connectivity index (χ2v) is 9.81. The average molecular weight is 451 g/mol. The Bertz CT molecular complexity index is 929. The Morgan fingerprint density at radius 1 is 1.23 bits per heavy atom. The van der Waals surface area contributed by atoms with Gasteiger partial charge in [-0.3, -0.25) is 14.6 Å². The number of carbonyl (C=O) groups is 1. The number of primary amides is 1. The zero-order valence-electron chi connectivity index (χ0n) is 16.9. The van der Waals surface area contributed by atoms with Crippen LogP contribution in [-0.2, 0) is 16.1 Å². The monoisotopic (exact) mass is 450 g/mol. The van der Waals surface area contributed by atoms with Crippen molar-refractivity contribution in [2.75, 3.05) is 57.4 Å². The minimum atomic E-state index is -0.180. The maximum Gasteiger partial charge on any atom is 0.224 e. The molecular weight excluding hydrogens is 424 g/mol. The summed E-state index contributed by atoms with van der Waals surface area (Å²) in [7, 11) is 0. The second-order valence-electron chi connectivity index (χ2n) is 8.33. The summed E-state index contributed by atoms with van der Waals surface area (Å²) in [6, 6.07) is 2.41. The van der Waals surface area contributed by atoms with Crippen molar-refractivity contribution in [3.05, 3.63) is 16.2 Å². The number of likely N-dealkylation sites (tertiary alicyclic amines) is 2. The number of nitrogens with zero attached hydrogens (tertiary/aromatic N) is 5. The molecule has 162 valence electrons. The molecule has 2 atom stereocenters. The summed E-state index contributed by atoms with van der Waals surface area (Å²) in [5, 5.41) is 0.275. The minimum Gasteiger partial charge on any atom is -0.378 e. The van der Waals surface area contributed by atoms with Crippen LogP contribution in [0.15, 0.2) is 6.07 Å². The molecule has 3 aliphatic rings. The van der Waals surface area contributed by atoms with Gasteiger partial charge in [-0.05, 0) is 43.6 Å². The number of amides is 1. The summed E-state index contributed by atoms with van der Waals surface area (Å²) in [4.78, 5) is 29.3. The van der Waals surface area contributed by atoms with E-state index in [-0.39, 0.29) is 17.1 Å². The largest absolute Gasteiger partial charge is 0.378 e. The molecular formula is C20H27ClN6O2S. The molecule has 0 unspecified atom stereocenters. The number of carbonyl (C=O) groups excluding carboxylic acids is 1. The average Bonchev–Trinajstić information content (AvgIpc) is 3.09. The molecule has 8 nitrogen and oxygen atoms in total. The lowest BCUT2D eigenvalue weighted by molar-refractivity contribution is -0.127. The second kappa shape index (κ2) is 8.55. The molecule has 0 bridgehead atoms. The van der Waals surface area contributed by atoms with E-state index >= 15 is 0 Å². The standard InChI is InChI=1S/C20H27ClN6O2S/c21-20-23-15-10-13(30-17(15)19(24-20)27-6-8-29-9-7-27)11-25-5-2-16(26-3-1-4-26)14(12-25)18(22)28/h10,14,16H,1-9,11-12H2,(H2,22,28)/t14-,16-/m0/s1. The summed E-state index contributed by atoms with van der Waals surface area (Å²) < 4.78 is 6.54. The lowest BCUT2D eigenvalue weighted by Crippen LogP contribution is -2.58. The number of aromatic nitrogens is 2. The lowest BCUT2D eigenvalue weighted by Gasteiger charge is -2.46. The Balaban J connectivity index is 1.34. The first-order valence-corrected chi connectivity index (χ1v) is 11.8. The molecule has 2 aromatic heterocycles. The third-order valence-electron chi connectivity index (χ3n) is 6.45.